The lowest BCUT2D eigenvalue weighted by molar-refractivity contribution is 0.421. The summed E-state index contributed by atoms with van der Waals surface area (Å²) < 4.78 is 2.02. The normalized spacial score (nSPS) is 11.1. The van der Waals surface area contributed by atoms with Crippen LogP contribution in [0.3, 0.4) is 0 Å². The van der Waals surface area contributed by atoms with Gasteiger partial charge in [-0.3, -0.25) is 14.4 Å². The second-order valence-corrected chi connectivity index (χ2v) is 6.44. The molecule has 0 unspecified atom stereocenters. The molecule has 3 aromatic rings. The lowest BCUT2D eigenvalue weighted by Gasteiger charge is -2.10. The number of fused-ring (bicyclic) bond motifs is 1. The summed E-state index contributed by atoms with van der Waals surface area (Å²) in [5.74, 6) is -0.216. The first-order valence-electron chi connectivity index (χ1n) is 7.49. The number of hydrogen-bond acceptors (Lipinski definition) is 4. The highest BCUT2D eigenvalue weighted by molar-refractivity contribution is 9.10. The van der Waals surface area contributed by atoms with E-state index in [1.165, 1.54) is 13.3 Å². The molecule has 0 amide bonds. The molecule has 0 fully saturated rings. The Bertz CT molecular complexity index is 1120. The number of benzene rings is 2. The molecular formula is C19H14BrN3O2. The van der Waals surface area contributed by atoms with E-state index in [-0.39, 0.29) is 11.4 Å². The highest BCUT2D eigenvalue weighted by Gasteiger charge is 2.15. The van der Waals surface area contributed by atoms with E-state index in [0.29, 0.717) is 11.1 Å². The standard InChI is InChI=1S/C19H14BrN3O2/c1-11-14(9-21)18(24)23(2)19(25)15(11)10-22-17-8-7-16(20)12-5-3-4-6-13(12)17/h3-8,10,25H,1-2H3. The van der Waals surface area contributed by atoms with Gasteiger partial charge in [0.05, 0.1) is 11.3 Å². The first kappa shape index (κ1) is 16.9. The second kappa shape index (κ2) is 6.54. The molecule has 0 aliphatic carbocycles. The van der Waals surface area contributed by atoms with Crippen LogP contribution in [0.4, 0.5) is 5.69 Å². The molecule has 1 heterocycles. The fourth-order valence-corrected chi connectivity index (χ4v) is 3.16. The van der Waals surface area contributed by atoms with Gasteiger partial charge in [0.15, 0.2) is 0 Å². The fourth-order valence-electron chi connectivity index (χ4n) is 2.69. The van der Waals surface area contributed by atoms with Crippen LogP contribution in [0.1, 0.15) is 16.7 Å². The Morgan fingerprint density at radius 2 is 1.92 bits per heavy atom. The molecular weight excluding hydrogens is 382 g/mol. The summed E-state index contributed by atoms with van der Waals surface area (Å²) in [5.41, 5.74) is 0.968. The molecule has 1 N–H and O–H groups in total. The minimum Gasteiger partial charge on any atom is -0.494 e. The van der Waals surface area contributed by atoms with Crippen LogP contribution in [-0.2, 0) is 7.05 Å². The summed E-state index contributed by atoms with van der Waals surface area (Å²) in [6, 6.07) is 13.5. The highest BCUT2D eigenvalue weighted by atomic mass is 79.9. The predicted molar refractivity (Wildman–Crippen MR) is 102 cm³/mol. The van der Waals surface area contributed by atoms with Crippen LogP contribution >= 0.6 is 15.9 Å². The zero-order valence-corrected chi connectivity index (χ0v) is 15.2. The van der Waals surface area contributed by atoms with Crippen LogP contribution in [-0.4, -0.2) is 15.9 Å². The summed E-state index contributed by atoms with van der Waals surface area (Å²) in [6.07, 6.45) is 1.49. The van der Waals surface area contributed by atoms with Crippen molar-refractivity contribution >= 4 is 38.6 Å². The maximum Gasteiger partial charge on any atom is 0.271 e. The van der Waals surface area contributed by atoms with Crippen molar-refractivity contribution in [3.05, 3.63) is 67.9 Å². The van der Waals surface area contributed by atoms with E-state index in [2.05, 4.69) is 20.9 Å². The quantitative estimate of drug-likeness (QED) is 0.667. The van der Waals surface area contributed by atoms with Crippen LogP contribution in [0.2, 0.25) is 0 Å². The molecule has 6 heteroatoms. The SMILES string of the molecule is Cc1c(C=Nc2ccc(Br)c3ccccc23)c(O)n(C)c(=O)c1C#N. The number of hydrogen-bond donors (Lipinski definition) is 1. The number of nitrogens with zero attached hydrogens (tertiary/aromatic N) is 3. The van der Waals surface area contributed by atoms with Gasteiger partial charge in [-0.2, -0.15) is 5.26 Å². The summed E-state index contributed by atoms with van der Waals surface area (Å²) in [6.45, 7) is 1.63. The van der Waals surface area contributed by atoms with Crippen molar-refractivity contribution in [3.8, 4) is 11.9 Å². The Labute approximate surface area is 152 Å². The van der Waals surface area contributed by atoms with Crippen LogP contribution in [0, 0.1) is 18.3 Å². The molecule has 0 bridgehead atoms. The van der Waals surface area contributed by atoms with Gasteiger partial charge in [0.1, 0.15) is 11.6 Å². The molecule has 0 saturated carbocycles. The largest absolute Gasteiger partial charge is 0.494 e. The van der Waals surface area contributed by atoms with E-state index >= 15 is 0 Å². The fraction of sp³-hybridized carbons (Fsp3) is 0.105. The Morgan fingerprint density at radius 3 is 2.60 bits per heavy atom. The maximum atomic E-state index is 12.0. The van der Waals surface area contributed by atoms with Gasteiger partial charge < -0.3 is 5.11 Å². The lowest BCUT2D eigenvalue weighted by Crippen LogP contribution is -2.22. The Kier molecular flexibility index (Phi) is 4.43. The predicted octanol–water partition coefficient (Wildman–Crippen LogP) is 3.94. The molecule has 0 radical (unpaired) electrons. The average Bonchev–Trinajstić information content (AvgIpc) is 2.62. The zero-order chi connectivity index (χ0) is 18.1. The Morgan fingerprint density at radius 1 is 1.24 bits per heavy atom. The van der Waals surface area contributed by atoms with E-state index in [0.717, 1.165) is 25.5 Å². The highest BCUT2D eigenvalue weighted by Crippen LogP contribution is 2.32. The van der Waals surface area contributed by atoms with Crippen LogP contribution in [0.25, 0.3) is 10.8 Å². The molecule has 2 aromatic carbocycles. The Hall–Kier alpha value is -2.91. The number of aromatic nitrogens is 1. The van der Waals surface area contributed by atoms with Gasteiger partial charge >= 0.3 is 0 Å². The third-order valence-corrected chi connectivity index (χ3v) is 4.84. The number of nitriles is 1. The number of aromatic hydroxyl groups is 1. The van der Waals surface area contributed by atoms with Crippen molar-refractivity contribution < 1.29 is 5.11 Å². The van der Waals surface area contributed by atoms with Gasteiger partial charge in [-0.1, -0.05) is 40.2 Å². The van der Waals surface area contributed by atoms with Gasteiger partial charge in [-0.05, 0) is 30.0 Å². The van der Waals surface area contributed by atoms with Crippen molar-refractivity contribution in [2.75, 3.05) is 0 Å². The Balaban J connectivity index is 2.20. The van der Waals surface area contributed by atoms with Gasteiger partial charge in [0.2, 0.25) is 5.88 Å². The first-order valence-corrected chi connectivity index (χ1v) is 8.29. The molecule has 3 rings (SSSR count). The van der Waals surface area contributed by atoms with Gasteiger partial charge in [0, 0.05) is 23.1 Å². The smallest absolute Gasteiger partial charge is 0.271 e. The third kappa shape index (κ3) is 2.83. The average molecular weight is 396 g/mol. The van der Waals surface area contributed by atoms with E-state index in [4.69, 9.17) is 0 Å². The summed E-state index contributed by atoms with van der Waals surface area (Å²) in [5, 5.41) is 21.4. The second-order valence-electron chi connectivity index (χ2n) is 5.58. The van der Waals surface area contributed by atoms with E-state index in [9.17, 15) is 15.2 Å². The lowest BCUT2D eigenvalue weighted by atomic mass is 10.1. The van der Waals surface area contributed by atoms with Crippen molar-refractivity contribution in [3.63, 3.8) is 0 Å². The summed E-state index contributed by atoms with van der Waals surface area (Å²) in [7, 11) is 1.42. The first-order chi connectivity index (χ1) is 12.0. The van der Waals surface area contributed by atoms with Crippen LogP contribution in [0.15, 0.2) is 50.7 Å². The number of aliphatic imine (C=N–C) groups is 1. The number of halogens is 1. The van der Waals surface area contributed by atoms with E-state index in [1.54, 1.807) is 6.92 Å². The molecule has 25 heavy (non-hydrogen) atoms. The molecule has 0 aliphatic heterocycles. The van der Waals surface area contributed by atoms with E-state index in [1.807, 2.05) is 42.5 Å². The van der Waals surface area contributed by atoms with Crippen molar-refractivity contribution in [2.24, 2.45) is 12.0 Å². The molecule has 0 spiro atoms. The van der Waals surface area contributed by atoms with Crippen LogP contribution in [0.5, 0.6) is 5.88 Å². The van der Waals surface area contributed by atoms with Crippen molar-refractivity contribution in [2.45, 2.75) is 6.92 Å². The minimum atomic E-state index is -0.524. The number of rotatable bonds is 2. The molecule has 124 valence electrons. The molecule has 1 aromatic heterocycles. The van der Waals surface area contributed by atoms with Crippen molar-refractivity contribution in [1.82, 2.24) is 4.57 Å². The van der Waals surface area contributed by atoms with Crippen LogP contribution < -0.4 is 5.56 Å². The molecule has 0 atom stereocenters. The minimum absolute atomic E-state index is 0.00224. The zero-order valence-electron chi connectivity index (χ0n) is 13.6. The van der Waals surface area contributed by atoms with Gasteiger partial charge in [-0.25, -0.2) is 0 Å². The van der Waals surface area contributed by atoms with E-state index < -0.39 is 5.56 Å². The molecule has 5 nitrogen and oxygen atoms in total. The van der Waals surface area contributed by atoms with Crippen molar-refractivity contribution in [1.29, 1.82) is 5.26 Å². The third-order valence-electron chi connectivity index (χ3n) is 4.15. The monoisotopic (exact) mass is 395 g/mol. The van der Waals surface area contributed by atoms with Gasteiger partial charge in [-0.15, -0.1) is 0 Å². The topological polar surface area (TPSA) is 78.4 Å². The molecule has 0 saturated heterocycles. The molecule has 0 aliphatic rings. The summed E-state index contributed by atoms with van der Waals surface area (Å²) in [4.78, 5) is 16.5. The maximum absolute atomic E-state index is 12.0. The number of pyridine rings is 1. The summed E-state index contributed by atoms with van der Waals surface area (Å²) >= 11 is 3.52. The van der Waals surface area contributed by atoms with Gasteiger partial charge in [0.25, 0.3) is 5.56 Å².